The van der Waals surface area contributed by atoms with Crippen molar-refractivity contribution in [2.24, 2.45) is 5.73 Å². The monoisotopic (exact) mass is 487 g/mol. The number of fused-ring (bicyclic) bond motifs is 1. The maximum Gasteiger partial charge on any atom is 0.269 e. The number of nitrogens with zero attached hydrogens (tertiary/aromatic N) is 2. The van der Waals surface area contributed by atoms with Gasteiger partial charge in [-0.15, -0.1) is 11.3 Å². The molecule has 1 amide bonds. The lowest BCUT2D eigenvalue weighted by Crippen LogP contribution is -2.16. The van der Waals surface area contributed by atoms with Crippen LogP contribution >= 0.6 is 22.9 Å². The highest BCUT2D eigenvalue weighted by atomic mass is 35.5. The summed E-state index contributed by atoms with van der Waals surface area (Å²) in [6, 6.07) is 22.0. The van der Waals surface area contributed by atoms with Crippen molar-refractivity contribution in [2.75, 3.05) is 0 Å². The van der Waals surface area contributed by atoms with Gasteiger partial charge >= 0.3 is 0 Å². The summed E-state index contributed by atoms with van der Waals surface area (Å²) >= 11 is 7.86. The molecule has 0 aliphatic carbocycles. The fourth-order valence-corrected chi connectivity index (χ4v) is 5.05. The molecule has 0 atom stereocenters. The van der Waals surface area contributed by atoms with E-state index in [2.05, 4.69) is 23.2 Å². The van der Waals surface area contributed by atoms with E-state index in [1.165, 1.54) is 6.07 Å². The van der Waals surface area contributed by atoms with Gasteiger partial charge in [0, 0.05) is 26.8 Å². The number of aryl methyl sites for hydroxylation is 1. The van der Waals surface area contributed by atoms with Crippen molar-refractivity contribution in [3.63, 3.8) is 0 Å². The van der Waals surface area contributed by atoms with Crippen molar-refractivity contribution >= 4 is 39.9 Å². The summed E-state index contributed by atoms with van der Waals surface area (Å²) in [5, 5.41) is 0.746. The van der Waals surface area contributed by atoms with Crippen molar-refractivity contribution in [2.45, 2.75) is 13.3 Å². The Kier molecular flexibility index (Phi) is 5.86. The fraction of sp³-hybridized carbons (Fsp3) is 0.0741. The first-order valence-corrected chi connectivity index (χ1v) is 11.8. The highest BCUT2D eigenvalue weighted by molar-refractivity contribution is 7.15. The van der Waals surface area contributed by atoms with E-state index >= 15 is 0 Å². The average molecular weight is 488 g/mol. The quantitative estimate of drug-likeness (QED) is 0.296. The predicted molar refractivity (Wildman–Crippen MR) is 136 cm³/mol. The molecule has 5 aromatic rings. The van der Waals surface area contributed by atoms with Gasteiger partial charge in [0.25, 0.3) is 5.91 Å². The molecule has 0 saturated heterocycles. The Labute approximate surface area is 204 Å². The minimum absolute atomic E-state index is 0.0498. The molecule has 0 aliphatic rings. The number of carbonyl (C=O) groups excluding carboxylic acids is 1. The highest BCUT2D eigenvalue weighted by Crippen LogP contribution is 2.33. The van der Waals surface area contributed by atoms with Crippen LogP contribution in [-0.2, 0) is 6.42 Å². The molecule has 34 heavy (non-hydrogen) atoms. The van der Waals surface area contributed by atoms with E-state index < -0.39 is 11.7 Å². The smallest absolute Gasteiger partial charge is 0.269 e. The van der Waals surface area contributed by atoms with Crippen molar-refractivity contribution in [3.8, 4) is 21.7 Å². The second-order valence-electron chi connectivity index (χ2n) is 7.96. The van der Waals surface area contributed by atoms with E-state index in [0.717, 1.165) is 31.5 Å². The second kappa shape index (κ2) is 8.97. The molecule has 0 aliphatic heterocycles. The number of nitrogens with two attached hydrogens (primary N) is 1. The number of benzene rings is 3. The third-order valence-electron chi connectivity index (χ3n) is 5.61. The summed E-state index contributed by atoms with van der Waals surface area (Å²) in [6.45, 7) is 1.99. The number of aromatic nitrogens is 2. The van der Waals surface area contributed by atoms with Gasteiger partial charge < -0.3 is 5.73 Å². The van der Waals surface area contributed by atoms with Crippen LogP contribution in [0.15, 0.2) is 72.8 Å². The third-order valence-corrected chi connectivity index (χ3v) is 7.17. The van der Waals surface area contributed by atoms with Crippen LogP contribution in [0, 0.1) is 12.7 Å². The van der Waals surface area contributed by atoms with Gasteiger partial charge in [0.15, 0.2) is 5.69 Å². The van der Waals surface area contributed by atoms with Crippen LogP contribution in [0.25, 0.3) is 32.7 Å². The average Bonchev–Trinajstić information content (AvgIpc) is 3.29. The topological polar surface area (TPSA) is 68.9 Å². The number of hydrogen-bond donors (Lipinski definition) is 1. The number of carbonyl (C=O) groups is 1. The highest BCUT2D eigenvalue weighted by Gasteiger charge is 2.19. The fourth-order valence-electron chi connectivity index (χ4n) is 3.90. The molecule has 0 saturated carbocycles. The van der Waals surface area contributed by atoms with Gasteiger partial charge in [-0.2, -0.15) is 0 Å². The molecule has 0 spiro atoms. The van der Waals surface area contributed by atoms with Crippen LogP contribution in [0.2, 0.25) is 5.02 Å². The van der Waals surface area contributed by atoms with Crippen molar-refractivity contribution in [1.82, 2.24) is 9.97 Å². The molecule has 0 unspecified atom stereocenters. The van der Waals surface area contributed by atoms with Crippen LogP contribution in [-0.4, -0.2) is 15.9 Å². The molecule has 3 aromatic carbocycles. The Morgan fingerprint density at radius 3 is 2.62 bits per heavy atom. The molecule has 0 bridgehead atoms. The molecular formula is C27H19ClFN3OS. The second-order valence-corrected chi connectivity index (χ2v) is 9.53. The molecule has 0 fully saturated rings. The number of halogens is 2. The van der Waals surface area contributed by atoms with Crippen LogP contribution in [0.3, 0.4) is 0 Å². The van der Waals surface area contributed by atoms with Crippen LogP contribution in [0.4, 0.5) is 4.39 Å². The number of rotatable bonds is 5. The largest absolute Gasteiger partial charge is 0.364 e. The molecule has 7 heteroatoms. The van der Waals surface area contributed by atoms with Crippen molar-refractivity contribution in [3.05, 3.63) is 105 Å². The van der Waals surface area contributed by atoms with E-state index in [4.69, 9.17) is 22.3 Å². The Morgan fingerprint density at radius 2 is 1.85 bits per heavy atom. The third kappa shape index (κ3) is 4.18. The summed E-state index contributed by atoms with van der Waals surface area (Å²) in [6.07, 6.45) is 0.621. The lowest BCUT2D eigenvalue weighted by molar-refractivity contribution is 0.0996. The molecule has 5 rings (SSSR count). The number of amides is 1. The van der Waals surface area contributed by atoms with Crippen molar-refractivity contribution < 1.29 is 9.18 Å². The lowest BCUT2D eigenvalue weighted by Gasteiger charge is -2.11. The summed E-state index contributed by atoms with van der Waals surface area (Å²) in [4.78, 5) is 23.5. The van der Waals surface area contributed by atoms with E-state index in [1.54, 1.807) is 35.6 Å². The van der Waals surface area contributed by atoms with Gasteiger partial charge in [0.05, 0.1) is 11.0 Å². The summed E-state index contributed by atoms with van der Waals surface area (Å²) in [5.41, 5.74) is 10.1. The van der Waals surface area contributed by atoms with E-state index in [-0.39, 0.29) is 17.0 Å². The van der Waals surface area contributed by atoms with E-state index in [0.29, 0.717) is 17.5 Å². The zero-order valence-corrected chi connectivity index (χ0v) is 19.8. The van der Waals surface area contributed by atoms with Gasteiger partial charge in [-0.25, -0.2) is 14.4 Å². The van der Waals surface area contributed by atoms with Crippen LogP contribution < -0.4 is 5.73 Å². The van der Waals surface area contributed by atoms with Gasteiger partial charge in [-0.3, -0.25) is 4.79 Å². The minimum atomic E-state index is -0.751. The van der Waals surface area contributed by atoms with E-state index in [1.807, 2.05) is 31.2 Å². The zero-order valence-electron chi connectivity index (χ0n) is 18.2. The lowest BCUT2D eigenvalue weighted by atomic mass is 10.0. The first kappa shape index (κ1) is 22.2. The summed E-state index contributed by atoms with van der Waals surface area (Å²) in [5.74, 6) is -1.24. The molecule has 2 N–H and O–H groups in total. The molecular weight excluding hydrogens is 469 g/mol. The van der Waals surface area contributed by atoms with Gasteiger partial charge in [-0.05, 0) is 66.1 Å². The molecule has 2 aromatic heterocycles. The Morgan fingerprint density at radius 1 is 1.03 bits per heavy atom. The van der Waals surface area contributed by atoms with Crippen LogP contribution in [0.1, 0.15) is 26.5 Å². The Hall–Kier alpha value is -3.61. The number of hydrogen-bond acceptors (Lipinski definition) is 4. The molecule has 4 nitrogen and oxygen atoms in total. The molecule has 168 valence electrons. The van der Waals surface area contributed by atoms with Gasteiger partial charge in [-0.1, -0.05) is 41.9 Å². The normalized spacial score (nSPS) is 11.1. The Bertz CT molecular complexity index is 1560. The molecule has 0 radical (unpaired) electrons. The Balaban J connectivity index is 1.58. The standard InChI is InChI=1S/C27H19ClFN3OS/c1-15-13-16(9-11-20(15)28)23-12-10-18(34-23)14-17-5-4-8-22-24(17)32-25(26(31-22)27(30)33)19-6-2-3-7-21(19)29/h2-13H,14H2,1H3,(H2,30,33). The van der Waals surface area contributed by atoms with E-state index in [9.17, 15) is 9.18 Å². The first-order chi connectivity index (χ1) is 16.4. The van der Waals surface area contributed by atoms with Gasteiger partial charge in [0.2, 0.25) is 0 Å². The maximum absolute atomic E-state index is 14.6. The number of thiophene rings is 1. The first-order valence-electron chi connectivity index (χ1n) is 10.6. The van der Waals surface area contributed by atoms with Crippen molar-refractivity contribution in [1.29, 1.82) is 0 Å². The predicted octanol–water partition coefficient (Wildman–Crippen LogP) is 6.82. The number of para-hydroxylation sites is 1. The maximum atomic E-state index is 14.6. The summed E-state index contributed by atoms with van der Waals surface area (Å²) in [7, 11) is 0. The summed E-state index contributed by atoms with van der Waals surface area (Å²) < 4.78 is 14.6. The van der Waals surface area contributed by atoms with Crippen LogP contribution in [0.5, 0.6) is 0 Å². The molecule has 2 heterocycles. The van der Waals surface area contributed by atoms with Gasteiger partial charge in [0.1, 0.15) is 11.5 Å². The number of primary amides is 1. The zero-order chi connectivity index (χ0) is 23.8. The SMILES string of the molecule is Cc1cc(-c2ccc(Cc3cccc4nc(C(N)=O)c(-c5ccccc5F)nc34)s2)ccc1Cl. The minimum Gasteiger partial charge on any atom is -0.364 e.